The summed E-state index contributed by atoms with van der Waals surface area (Å²) in [7, 11) is 0. The fourth-order valence-corrected chi connectivity index (χ4v) is 2.22. The van der Waals surface area contributed by atoms with Crippen LogP contribution < -0.4 is 11.1 Å². The van der Waals surface area contributed by atoms with Gasteiger partial charge in [0.15, 0.2) is 0 Å². The number of nitrogens with two attached hydrogens (primary N) is 1. The SMILES string of the molecule is C=C(N)C1CCC(NC(C)(C)C)CC1. The molecule has 0 aromatic rings. The van der Waals surface area contributed by atoms with Crippen molar-refractivity contribution in [2.45, 2.75) is 58.0 Å². The monoisotopic (exact) mass is 196 g/mol. The van der Waals surface area contributed by atoms with Crippen LogP contribution in [0.5, 0.6) is 0 Å². The Morgan fingerprint density at radius 3 is 2.07 bits per heavy atom. The van der Waals surface area contributed by atoms with Gasteiger partial charge in [-0.15, -0.1) is 0 Å². The summed E-state index contributed by atoms with van der Waals surface area (Å²) in [5, 5.41) is 3.65. The lowest BCUT2D eigenvalue weighted by Gasteiger charge is -2.34. The Balaban J connectivity index is 2.33. The minimum Gasteiger partial charge on any atom is -0.402 e. The zero-order valence-corrected chi connectivity index (χ0v) is 9.77. The first-order valence-electron chi connectivity index (χ1n) is 5.60. The minimum atomic E-state index is 0.233. The molecule has 1 fully saturated rings. The average Bonchev–Trinajstić information content (AvgIpc) is 2.02. The summed E-state index contributed by atoms with van der Waals surface area (Å²) in [5.41, 5.74) is 6.83. The second kappa shape index (κ2) is 4.35. The van der Waals surface area contributed by atoms with Crippen molar-refractivity contribution in [3.8, 4) is 0 Å². The van der Waals surface area contributed by atoms with E-state index in [1.807, 2.05) is 0 Å². The molecular weight excluding hydrogens is 172 g/mol. The van der Waals surface area contributed by atoms with Crippen LogP contribution in [0.3, 0.4) is 0 Å². The van der Waals surface area contributed by atoms with E-state index in [-0.39, 0.29) is 5.54 Å². The third kappa shape index (κ3) is 3.70. The molecule has 1 aliphatic carbocycles. The maximum atomic E-state index is 5.72. The van der Waals surface area contributed by atoms with Crippen molar-refractivity contribution in [2.75, 3.05) is 0 Å². The Bertz CT molecular complexity index is 195. The minimum absolute atomic E-state index is 0.233. The standard InChI is InChI=1S/C12H24N2/c1-9(13)10-5-7-11(8-6-10)14-12(2,3)4/h10-11,14H,1,5-8,13H2,2-4H3. The number of rotatable bonds is 2. The van der Waals surface area contributed by atoms with Crippen LogP contribution in [0.2, 0.25) is 0 Å². The van der Waals surface area contributed by atoms with Crippen LogP contribution in [0.25, 0.3) is 0 Å². The molecule has 1 rings (SSSR count). The summed E-state index contributed by atoms with van der Waals surface area (Å²) in [6.07, 6.45) is 4.86. The highest BCUT2D eigenvalue weighted by molar-refractivity contribution is 4.98. The van der Waals surface area contributed by atoms with E-state index in [0.717, 1.165) is 5.70 Å². The molecule has 14 heavy (non-hydrogen) atoms. The summed E-state index contributed by atoms with van der Waals surface area (Å²) in [4.78, 5) is 0. The quantitative estimate of drug-likeness (QED) is 0.711. The molecule has 0 radical (unpaired) electrons. The van der Waals surface area contributed by atoms with Crippen molar-refractivity contribution in [3.05, 3.63) is 12.3 Å². The van der Waals surface area contributed by atoms with Gasteiger partial charge in [-0.25, -0.2) is 0 Å². The molecule has 0 spiro atoms. The topological polar surface area (TPSA) is 38.0 Å². The molecule has 1 aliphatic rings. The lowest BCUT2D eigenvalue weighted by molar-refractivity contribution is 0.266. The van der Waals surface area contributed by atoms with Crippen molar-refractivity contribution in [1.82, 2.24) is 5.32 Å². The Morgan fingerprint density at radius 2 is 1.71 bits per heavy atom. The van der Waals surface area contributed by atoms with Gasteiger partial charge in [-0.05, 0) is 52.4 Å². The van der Waals surface area contributed by atoms with Gasteiger partial charge in [0, 0.05) is 17.3 Å². The lowest BCUT2D eigenvalue weighted by atomic mass is 9.84. The van der Waals surface area contributed by atoms with Crippen LogP contribution >= 0.6 is 0 Å². The first-order valence-corrected chi connectivity index (χ1v) is 5.60. The van der Waals surface area contributed by atoms with Gasteiger partial charge in [0.2, 0.25) is 0 Å². The average molecular weight is 196 g/mol. The van der Waals surface area contributed by atoms with Crippen LogP contribution in [0.1, 0.15) is 46.5 Å². The lowest BCUT2D eigenvalue weighted by Crippen LogP contribution is -2.45. The smallest absolute Gasteiger partial charge is 0.00990 e. The number of allylic oxidation sites excluding steroid dienone is 1. The van der Waals surface area contributed by atoms with Gasteiger partial charge in [0.05, 0.1) is 0 Å². The molecule has 0 saturated heterocycles. The van der Waals surface area contributed by atoms with Crippen LogP contribution in [0.4, 0.5) is 0 Å². The van der Waals surface area contributed by atoms with E-state index in [4.69, 9.17) is 5.73 Å². The van der Waals surface area contributed by atoms with Crippen LogP contribution in [0.15, 0.2) is 12.3 Å². The van der Waals surface area contributed by atoms with Crippen LogP contribution in [0, 0.1) is 5.92 Å². The molecule has 0 aromatic carbocycles. The molecule has 0 bridgehead atoms. The Hall–Kier alpha value is -0.500. The van der Waals surface area contributed by atoms with Gasteiger partial charge in [0.25, 0.3) is 0 Å². The van der Waals surface area contributed by atoms with Gasteiger partial charge in [-0.2, -0.15) is 0 Å². The van der Waals surface area contributed by atoms with E-state index in [1.165, 1.54) is 25.7 Å². The van der Waals surface area contributed by atoms with E-state index in [0.29, 0.717) is 12.0 Å². The molecule has 0 aromatic heterocycles. The summed E-state index contributed by atoms with van der Waals surface area (Å²) in [6.45, 7) is 10.5. The molecule has 3 N–H and O–H groups in total. The number of hydrogen-bond donors (Lipinski definition) is 2. The molecule has 0 heterocycles. The Labute approximate surface area is 87.9 Å². The second-order valence-corrected chi connectivity index (χ2v) is 5.52. The molecular formula is C12H24N2. The zero-order valence-electron chi connectivity index (χ0n) is 9.77. The van der Waals surface area contributed by atoms with Crippen molar-refractivity contribution in [3.63, 3.8) is 0 Å². The summed E-state index contributed by atoms with van der Waals surface area (Å²) in [6, 6.07) is 0.672. The Morgan fingerprint density at radius 1 is 1.21 bits per heavy atom. The van der Waals surface area contributed by atoms with Crippen molar-refractivity contribution in [2.24, 2.45) is 11.7 Å². The first kappa shape index (κ1) is 11.6. The van der Waals surface area contributed by atoms with E-state index >= 15 is 0 Å². The molecule has 0 unspecified atom stereocenters. The van der Waals surface area contributed by atoms with Gasteiger partial charge in [-0.1, -0.05) is 6.58 Å². The maximum Gasteiger partial charge on any atom is 0.00990 e. The van der Waals surface area contributed by atoms with Crippen LogP contribution in [-0.4, -0.2) is 11.6 Å². The first-order chi connectivity index (χ1) is 6.38. The molecule has 0 amide bonds. The summed E-state index contributed by atoms with van der Waals surface area (Å²) < 4.78 is 0. The normalized spacial score (nSPS) is 28.8. The molecule has 2 heteroatoms. The van der Waals surface area contributed by atoms with E-state index in [2.05, 4.69) is 32.7 Å². The fourth-order valence-electron chi connectivity index (χ4n) is 2.22. The third-order valence-corrected chi connectivity index (χ3v) is 2.89. The number of nitrogens with one attached hydrogen (secondary N) is 1. The summed E-state index contributed by atoms with van der Waals surface area (Å²) in [5.74, 6) is 0.563. The molecule has 82 valence electrons. The third-order valence-electron chi connectivity index (χ3n) is 2.89. The van der Waals surface area contributed by atoms with E-state index < -0.39 is 0 Å². The van der Waals surface area contributed by atoms with Crippen molar-refractivity contribution >= 4 is 0 Å². The molecule has 1 saturated carbocycles. The fraction of sp³-hybridized carbons (Fsp3) is 0.833. The largest absolute Gasteiger partial charge is 0.402 e. The summed E-state index contributed by atoms with van der Waals surface area (Å²) >= 11 is 0. The predicted octanol–water partition coefficient (Wildman–Crippen LogP) is 2.41. The second-order valence-electron chi connectivity index (χ2n) is 5.52. The zero-order chi connectivity index (χ0) is 10.8. The van der Waals surface area contributed by atoms with Crippen molar-refractivity contribution in [1.29, 1.82) is 0 Å². The van der Waals surface area contributed by atoms with E-state index in [9.17, 15) is 0 Å². The van der Waals surface area contributed by atoms with Crippen LogP contribution in [-0.2, 0) is 0 Å². The molecule has 2 nitrogen and oxygen atoms in total. The van der Waals surface area contributed by atoms with E-state index in [1.54, 1.807) is 0 Å². The highest BCUT2D eigenvalue weighted by Gasteiger charge is 2.24. The highest BCUT2D eigenvalue weighted by Crippen LogP contribution is 2.27. The predicted molar refractivity (Wildman–Crippen MR) is 62.0 cm³/mol. The van der Waals surface area contributed by atoms with Gasteiger partial charge < -0.3 is 11.1 Å². The van der Waals surface area contributed by atoms with Gasteiger partial charge in [-0.3, -0.25) is 0 Å². The highest BCUT2D eigenvalue weighted by atomic mass is 15.0. The van der Waals surface area contributed by atoms with Crippen molar-refractivity contribution < 1.29 is 0 Å². The number of hydrogen-bond acceptors (Lipinski definition) is 2. The molecule has 0 atom stereocenters. The van der Waals surface area contributed by atoms with Gasteiger partial charge >= 0.3 is 0 Å². The molecule has 0 aliphatic heterocycles. The Kier molecular flexibility index (Phi) is 3.59. The maximum absolute atomic E-state index is 5.72. The van der Waals surface area contributed by atoms with Gasteiger partial charge in [0.1, 0.15) is 0 Å².